The van der Waals surface area contributed by atoms with Crippen LogP contribution in [-0.4, -0.2) is 20.4 Å². The molecular formula is C20H24N2O2. The zero-order chi connectivity index (χ0) is 16.5. The summed E-state index contributed by atoms with van der Waals surface area (Å²) in [5, 5.41) is 27.0. The van der Waals surface area contributed by atoms with E-state index in [1.807, 2.05) is 12.1 Å². The van der Waals surface area contributed by atoms with Gasteiger partial charge in [0.2, 0.25) is 0 Å². The van der Waals surface area contributed by atoms with Gasteiger partial charge in [-0.05, 0) is 78.7 Å². The third kappa shape index (κ3) is 1.75. The molecule has 0 amide bonds. The summed E-state index contributed by atoms with van der Waals surface area (Å²) < 4.78 is 0. The smallest absolute Gasteiger partial charge is 0.115 e. The monoisotopic (exact) mass is 324 g/mol. The highest BCUT2D eigenvalue weighted by atomic mass is 16.3. The van der Waals surface area contributed by atoms with Crippen molar-refractivity contribution in [1.29, 1.82) is 0 Å². The third-order valence-corrected chi connectivity index (χ3v) is 7.18. The van der Waals surface area contributed by atoms with Crippen LogP contribution < -0.4 is 0 Å². The van der Waals surface area contributed by atoms with Gasteiger partial charge in [-0.25, -0.2) is 0 Å². The molecule has 3 aliphatic rings. The highest BCUT2D eigenvalue weighted by molar-refractivity contribution is 5.44. The number of benzene rings is 1. The molecule has 1 aromatic carbocycles. The molecule has 0 saturated heterocycles. The summed E-state index contributed by atoms with van der Waals surface area (Å²) in [6.45, 7) is 2.44. The van der Waals surface area contributed by atoms with Crippen LogP contribution in [0, 0.1) is 11.8 Å². The Morgan fingerprint density at radius 3 is 3.04 bits per heavy atom. The molecule has 1 fully saturated rings. The van der Waals surface area contributed by atoms with Gasteiger partial charge in [0.1, 0.15) is 5.75 Å². The van der Waals surface area contributed by atoms with E-state index in [9.17, 15) is 10.2 Å². The van der Waals surface area contributed by atoms with E-state index >= 15 is 0 Å². The highest BCUT2D eigenvalue weighted by Crippen LogP contribution is 2.60. The Morgan fingerprint density at radius 2 is 2.21 bits per heavy atom. The molecule has 4 heteroatoms. The summed E-state index contributed by atoms with van der Waals surface area (Å²) in [6, 6.07) is 5.96. The van der Waals surface area contributed by atoms with Gasteiger partial charge in [0, 0.05) is 5.41 Å². The number of aromatic hydroxyl groups is 1. The molecule has 4 atom stereocenters. The van der Waals surface area contributed by atoms with E-state index in [1.165, 1.54) is 35.2 Å². The van der Waals surface area contributed by atoms with Gasteiger partial charge in [-0.3, -0.25) is 5.10 Å². The maximum atomic E-state index is 9.79. The summed E-state index contributed by atoms with van der Waals surface area (Å²) >= 11 is 0. The summed E-state index contributed by atoms with van der Waals surface area (Å²) in [4.78, 5) is 0. The van der Waals surface area contributed by atoms with Crippen LogP contribution in [0.2, 0.25) is 0 Å². The number of fused-ring (bicyclic) bond motifs is 7. The maximum absolute atomic E-state index is 9.79. The first-order valence-electron chi connectivity index (χ1n) is 9.11. The predicted octanol–water partition coefficient (Wildman–Crippen LogP) is 3.18. The van der Waals surface area contributed by atoms with Crippen LogP contribution in [0.3, 0.4) is 0 Å². The first-order valence-corrected chi connectivity index (χ1v) is 9.11. The lowest BCUT2D eigenvalue weighted by molar-refractivity contribution is 0.103. The van der Waals surface area contributed by atoms with Gasteiger partial charge >= 0.3 is 0 Å². The van der Waals surface area contributed by atoms with E-state index in [0.717, 1.165) is 25.0 Å². The van der Waals surface area contributed by atoms with Crippen molar-refractivity contribution < 1.29 is 10.2 Å². The first kappa shape index (κ1) is 14.5. The highest BCUT2D eigenvalue weighted by Gasteiger charge is 2.54. The first-order chi connectivity index (χ1) is 11.6. The molecule has 0 aliphatic heterocycles. The molecule has 0 spiro atoms. The summed E-state index contributed by atoms with van der Waals surface area (Å²) in [5.41, 5.74) is 6.35. The molecule has 1 heterocycles. The Balaban J connectivity index is 1.55. The van der Waals surface area contributed by atoms with Crippen LogP contribution in [0.25, 0.3) is 0 Å². The number of aliphatic hydroxyl groups excluding tert-OH is 1. The Kier molecular flexibility index (Phi) is 2.94. The number of aliphatic hydroxyl groups is 1. The molecule has 0 bridgehead atoms. The van der Waals surface area contributed by atoms with Gasteiger partial charge in [-0.2, -0.15) is 5.10 Å². The van der Waals surface area contributed by atoms with Crippen LogP contribution in [0.15, 0.2) is 18.2 Å². The minimum atomic E-state index is 0.0569. The molecule has 2 aromatic rings. The molecular weight excluding hydrogens is 300 g/mol. The van der Waals surface area contributed by atoms with Crippen molar-refractivity contribution in [3.8, 4) is 5.75 Å². The van der Waals surface area contributed by atoms with Crippen LogP contribution in [0.5, 0.6) is 5.75 Å². The number of nitrogens with one attached hydrogen (secondary N) is 1. The maximum Gasteiger partial charge on any atom is 0.115 e. The minimum absolute atomic E-state index is 0.0569. The van der Waals surface area contributed by atoms with E-state index in [0.29, 0.717) is 23.5 Å². The summed E-state index contributed by atoms with van der Waals surface area (Å²) in [6.07, 6.45) is 5.66. The van der Waals surface area contributed by atoms with Crippen molar-refractivity contribution in [3.63, 3.8) is 0 Å². The number of rotatable bonds is 1. The number of H-pyrrole nitrogens is 1. The minimum Gasteiger partial charge on any atom is -0.508 e. The Bertz CT molecular complexity index is 812. The quantitative estimate of drug-likeness (QED) is 0.754. The average Bonchev–Trinajstić information content (AvgIpc) is 3.12. The molecule has 5 rings (SSSR count). The molecule has 4 nitrogen and oxygen atoms in total. The lowest BCUT2D eigenvalue weighted by Crippen LogP contribution is -2.43. The Labute approximate surface area is 141 Å². The van der Waals surface area contributed by atoms with Gasteiger partial charge in [0.05, 0.1) is 18.0 Å². The van der Waals surface area contributed by atoms with Gasteiger partial charge in [-0.1, -0.05) is 13.0 Å². The lowest BCUT2D eigenvalue weighted by atomic mass is 9.55. The molecule has 24 heavy (non-hydrogen) atoms. The predicted molar refractivity (Wildman–Crippen MR) is 90.9 cm³/mol. The number of hydrogen-bond acceptors (Lipinski definition) is 3. The standard InChI is InChI=1S/C20H24N2O2/c1-20-7-6-14-13-5-3-12(24)8-11(13)2-4-15(14)17(20)9-16-18(10-23)21-22-19(16)20/h3,5,8,14-15,17,23-24H,2,4,6-7,9-10H2,1H3,(H,21,22)/t14?,15?,17?,20-/m0/s1. The zero-order valence-electron chi connectivity index (χ0n) is 14.0. The van der Waals surface area contributed by atoms with Crippen LogP contribution >= 0.6 is 0 Å². The number of phenolic OH excluding ortho intramolecular Hbond substituents is 1. The summed E-state index contributed by atoms with van der Waals surface area (Å²) in [7, 11) is 0. The molecule has 3 N–H and O–H groups in total. The van der Waals surface area contributed by atoms with Crippen molar-refractivity contribution in [3.05, 3.63) is 46.3 Å². The van der Waals surface area contributed by atoms with Gasteiger partial charge in [-0.15, -0.1) is 0 Å². The van der Waals surface area contributed by atoms with E-state index in [4.69, 9.17) is 0 Å². The van der Waals surface area contributed by atoms with Crippen molar-refractivity contribution >= 4 is 0 Å². The van der Waals surface area contributed by atoms with Crippen LogP contribution in [0.4, 0.5) is 0 Å². The number of aryl methyl sites for hydroxylation is 1. The van der Waals surface area contributed by atoms with Gasteiger partial charge in [0.25, 0.3) is 0 Å². The normalized spacial score (nSPS) is 33.5. The molecule has 3 aliphatic carbocycles. The number of nitrogens with zero attached hydrogens (tertiary/aromatic N) is 1. The molecule has 3 unspecified atom stereocenters. The number of aromatic amines is 1. The van der Waals surface area contributed by atoms with E-state index in [-0.39, 0.29) is 12.0 Å². The second-order valence-electron chi connectivity index (χ2n) is 8.15. The molecule has 1 saturated carbocycles. The van der Waals surface area contributed by atoms with E-state index in [1.54, 1.807) is 0 Å². The van der Waals surface area contributed by atoms with Crippen molar-refractivity contribution in [2.24, 2.45) is 11.8 Å². The Morgan fingerprint density at radius 1 is 1.33 bits per heavy atom. The average molecular weight is 324 g/mol. The largest absolute Gasteiger partial charge is 0.508 e. The fourth-order valence-corrected chi connectivity index (χ4v) is 6.00. The molecule has 1 aromatic heterocycles. The van der Waals surface area contributed by atoms with Gasteiger partial charge in [0.15, 0.2) is 0 Å². The van der Waals surface area contributed by atoms with Crippen molar-refractivity contribution in [2.45, 2.75) is 57.0 Å². The fourth-order valence-electron chi connectivity index (χ4n) is 6.00. The number of hydrogen-bond donors (Lipinski definition) is 3. The fraction of sp³-hybridized carbons (Fsp3) is 0.550. The number of aromatic nitrogens is 2. The SMILES string of the molecule is C[C@]12CCC3c4ccc(O)cc4CCC3C1Cc1c2n[nH]c1CO. The lowest BCUT2D eigenvalue weighted by Gasteiger charge is -2.49. The van der Waals surface area contributed by atoms with Crippen molar-refractivity contribution in [1.82, 2.24) is 10.2 Å². The second kappa shape index (κ2) is 4.85. The third-order valence-electron chi connectivity index (χ3n) is 7.18. The van der Waals surface area contributed by atoms with Crippen molar-refractivity contribution in [2.75, 3.05) is 0 Å². The van der Waals surface area contributed by atoms with E-state index in [2.05, 4.69) is 23.2 Å². The van der Waals surface area contributed by atoms with Gasteiger partial charge < -0.3 is 10.2 Å². The number of phenols is 1. The second-order valence-corrected chi connectivity index (χ2v) is 8.15. The Hall–Kier alpha value is -1.81. The molecule has 126 valence electrons. The topological polar surface area (TPSA) is 69.1 Å². The van der Waals surface area contributed by atoms with Crippen LogP contribution in [0.1, 0.15) is 60.2 Å². The molecule has 0 radical (unpaired) electrons. The summed E-state index contributed by atoms with van der Waals surface area (Å²) in [5.74, 6) is 2.30. The van der Waals surface area contributed by atoms with E-state index < -0.39 is 0 Å². The van der Waals surface area contributed by atoms with Crippen LogP contribution in [-0.2, 0) is 24.9 Å². The zero-order valence-corrected chi connectivity index (χ0v) is 14.0.